The Kier molecular flexibility index (Phi) is 6.92. The Hall–Kier alpha value is -2.55. The molecular weight excluding hydrogens is 286 g/mol. The first-order valence-corrected chi connectivity index (χ1v) is 7.74. The summed E-state index contributed by atoms with van der Waals surface area (Å²) in [4.78, 5) is 4.45. The zero-order valence-electron chi connectivity index (χ0n) is 13.7. The van der Waals surface area contributed by atoms with Gasteiger partial charge in [0.2, 0.25) is 0 Å². The van der Waals surface area contributed by atoms with Crippen molar-refractivity contribution >= 4 is 12.3 Å². The fourth-order valence-corrected chi connectivity index (χ4v) is 2.22. The molecule has 0 aromatic heterocycles. The maximum atomic E-state index is 5.31. The molecule has 0 aliphatic rings. The van der Waals surface area contributed by atoms with Crippen LogP contribution < -0.4 is 9.47 Å². The molecule has 3 heteroatoms. The number of ether oxygens (including phenoxy) is 2. The fourth-order valence-electron chi connectivity index (χ4n) is 2.22. The number of nitrogens with zero attached hydrogens (tertiary/aromatic N) is 1. The highest BCUT2D eigenvalue weighted by Gasteiger charge is 2.03. The van der Waals surface area contributed by atoms with E-state index < -0.39 is 0 Å². The molecule has 0 radical (unpaired) electrons. The second kappa shape index (κ2) is 9.46. The van der Waals surface area contributed by atoms with E-state index in [1.54, 1.807) is 14.2 Å². The normalized spacial score (nSPS) is 11.2. The molecule has 2 aromatic rings. The van der Waals surface area contributed by atoms with Gasteiger partial charge in [-0.2, -0.15) is 0 Å². The van der Waals surface area contributed by atoms with Crippen LogP contribution in [0.5, 0.6) is 11.5 Å². The van der Waals surface area contributed by atoms with Gasteiger partial charge in [-0.3, -0.25) is 4.99 Å². The van der Waals surface area contributed by atoms with Gasteiger partial charge in [-0.25, -0.2) is 0 Å². The zero-order chi connectivity index (χ0) is 16.3. The van der Waals surface area contributed by atoms with Crippen LogP contribution in [0.25, 0.3) is 6.08 Å². The number of allylic oxidation sites excluding steroid dienone is 1. The molecule has 0 N–H and O–H groups in total. The molecule has 2 rings (SSSR count). The third-order valence-corrected chi connectivity index (χ3v) is 3.46. The molecule has 120 valence electrons. The van der Waals surface area contributed by atoms with Crippen molar-refractivity contribution in [3.05, 3.63) is 65.7 Å². The number of rotatable bonds is 8. The Balaban J connectivity index is 1.75. The van der Waals surface area contributed by atoms with E-state index in [4.69, 9.17) is 9.47 Å². The molecule has 0 amide bonds. The van der Waals surface area contributed by atoms with Gasteiger partial charge in [0.1, 0.15) is 0 Å². The van der Waals surface area contributed by atoms with Gasteiger partial charge in [0.15, 0.2) is 11.5 Å². The molecule has 0 aliphatic heterocycles. The third-order valence-electron chi connectivity index (χ3n) is 3.46. The second-order valence-corrected chi connectivity index (χ2v) is 5.08. The number of hydrogen-bond acceptors (Lipinski definition) is 3. The number of benzene rings is 2. The standard InChI is InChI=1S/C20H23NO2/c1-22-19-12-11-18(16-20(19)23-2)13-15-21-14-7-6-10-17-8-4-3-5-9-17/h3-6,8-12,14,16H,7,13,15H2,1-2H3/b10-6+,21-14?. The first-order valence-electron chi connectivity index (χ1n) is 7.74. The summed E-state index contributed by atoms with van der Waals surface area (Å²) in [6, 6.07) is 16.3. The Bertz CT molecular complexity index is 648. The SMILES string of the molecule is COc1ccc(CCN=CC/C=C/c2ccccc2)cc1OC. The molecule has 0 saturated heterocycles. The average molecular weight is 309 g/mol. The lowest BCUT2D eigenvalue weighted by atomic mass is 10.1. The van der Waals surface area contributed by atoms with Gasteiger partial charge < -0.3 is 9.47 Å². The summed E-state index contributed by atoms with van der Waals surface area (Å²) in [5.74, 6) is 1.52. The lowest BCUT2D eigenvalue weighted by Gasteiger charge is -2.08. The number of aliphatic imine (C=N–C) groups is 1. The Morgan fingerprint density at radius 2 is 1.74 bits per heavy atom. The first-order chi connectivity index (χ1) is 11.3. The summed E-state index contributed by atoms with van der Waals surface area (Å²) in [5.41, 5.74) is 2.41. The average Bonchev–Trinajstić information content (AvgIpc) is 2.61. The van der Waals surface area contributed by atoms with Crippen molar-refractivity contribution < 1.29 is 9.47 Å². The second-order valence-electron chi connectivity index (χ2n) is 5.08. The minimum absolute atomic E-state index is 0.755. The molecule has 23 heavy (non-hydrogen) atoms. The van der Waals surface area contributed by atoms with Crippen LogP contribution in [0.15, 0.2) is 59.6 Å². The van der Waals surface area contributed by atoms with Crippen molar-refractivity contribution in [3.8, 4) is 11.5 Å². The van der Waals surface area contributed by atoms with E-state index in [0.717, 1.165) is 30.9 Å². The summed E-state index contributed by atoms with van der Waals surface area (Å²) in [5, 5.41) is 0. The summed E-state index contributed by atoms with van der Waals surface area (Å²) in [6.07, 6.45) is 7.93. The Morgan fingerprint density at radius 3 is 2.48 bits per heavy atom. The van der Waals surface area contributed by atoms with E-state index in [-0.39, 0.29) is 0 Å². The van der Waals surface area contributed by atoms with Gasteiger partial charge in [0.25, 0.3) is 0 Å². The minimum atomic E-state index is 0.755. The molecule has 0 bridgehead atoms. The molecule has 0 atom stereocenters. The van der Waals surface area contributed by atoms with E-state index >= 15 is 0 Å². The van der Waals surface area contributed by atoms with E-state index in [1.807, 2.05) is 42.6 Å². The molecular formula is C20H23NO2. The molecule has 0 spiro atoms. The molecule has 0 unspecified atom stereocenters. The fraction of sp³-hybridized carbons (Fsp3) is 0.250. The summed E-state index contributed by atoms with van der Waals surface area (Å²) in [6.45, 7) is 0.772. The quantitative estimate of drug-likeness (QED) is 0.676. The molecule has 0 aliphatic carbocycles. The van der Waals surface area contributed by atoms with Gasteiger partial charge in [0, 0.05) is 19.2 Å². The largest absolute Gasteiger partial charge is 0.493 e. The van der Waals surface area contributed by atoms with Gasteiger partial charge >= 0.3 is 0 Å². The van der Waals surface area contributed by atoms with Crippen molar-refractivity contribution in [3.63, 3.8) is 0 Å². The smallest absolute Gasteiger partial charge is 0.160 e. The summed E-state index contributed by atoms with van der Waals surface area (Å²) >= 11 is 0. The molecule has 3 nitrogen and oxygen atoms in total. The van der Waals surface area contributed by atoms with Gasteiger partial charge in [0.05, 0.1) is 14.2 Å². The van der Waals surface area contributed by atoms with Crippen LogP contribution in [0.1, 0.15) is 17.5 Å². The van der Waals surface area contributed by atoms with E-state index in [0.29, 0.717) is 0 Å². The highest BCUT2D eigenvalue weighted by Crippen LogP contribution is 2.27. The van der Waals surface area contributed by atoms with Gasteiger partial charge in [-0.05, 0) is 29.7 Å². The highest BCUT2D eigenvalue weighted by atomic mass is 16.5. The van der Waals surface area contributed by atoms with Crippen molar-refractivity contribution in [2.45, 2.75) is 12.8 Å². The first kappa shape index (κ1) is 16.8. The molecule has 0 saturated carbocycles. The predicted octanol–water partition coefficient (Wildman–Crippen LogP) is 4.42. The van der Waals surface area contributed by atoms with E-state index in [2.05, 4.69) is 29.3 Å². The zero-order valence-corrected chi connectivity index (χ0v) is 13.7. The van der Waals surface area contributed by atoms with Crippen LogP contribution >= 0.6 is 0 Å². The van der Waals surface area contributed by atoms with Crippen LogP contribution in [0.3, 0.4) is 0 Å². The van der Waals surface area contributed by atoms with Crippen molar-refractivity contribution in [2.75, 3.05) is 20.8 Å². The minimum Gasteiger partial charge on any atom is -0.493 e. The summed E-state index contributed by atoms with van der Waals surface area (Å²) in [7, 11) is 3.30. The number of methoxy groups -OCH3 is 2. The van der Waals surface area contributed by atoms with E-state index in [9.17, 15) is 0 Å². The van der Waals surface area contributed by atoms with Crippen molar-refractivity contribution in [1.82, 2.24) is 0 Å². The third kappa shape index (κ3) is 5.62. The van der Waals surface area contributed by atoms with Crippen LogP contribution in [-0.4, -0.2) is 27.0 Å². The van der Waals surface area contributed by atoms with Crippen LogP contribution in [-0.2, 0) is 6.42 Å². The lowest BCUT2D eigenvalue weighted by Crippen LogP contribution is -1.94. The predicted molar refractivity (Wildman–Crippen MR) is 96.7 cm³/mol. The van der Waals surface area contributed by atoms with E-state index in [1.165, 1.54) is 11.1 Å². The highest BCUT2D eigenvalue weighted by molar-refractivity contribution is 5.62. The van der Waals surface area contributed by atoms with Crippen LogP contribution in [0.4, 0.5) is 0 Å². The van der Waals surface area contributed by atoms with Crippen molar-refractivity contribution in [2.24, 2.45) is 4.99 Å². The van der Waals surface area contributed by atoms with Crippen LogP contribution in [0.2, 0.25) is 0 Å². The number of hydrogen-bond donors (Lipinski definition) is 0. The maximum Gasteiger partial charge on any atom is 0.160 e. The topological polar surface area (TPSA) is 30.8 Å². The molecule has 2 aromatic carbocycles. The van der Waals surface area contributed by atoms with Gasteiger partial charge in [-0.15, -0.1) is 0 Å². The Morgan fingerprint density at radius 1 is 0.957 bits per heavy atom. The monoisotopic (exact) mass is 309 g/mol. The lowest BCUT2D eigenvalue weighted by molar-refractivity contribution is 0.354. The van der Waals surface area contributed by atoms with Gasteiger partial charge in [-0.1, -0.05) is 48.6 Å². The molecule has 0 fully saturated rings. The maximum absolute atomic E-state index is 5.31. The van der Waals surface area contributed by atoms with Crippen LogP contribution in [0, 0.1) is 0 Å². The Labute approximate surface area is 138 Å². The molecule has 0 heterocycles. The van der Waals surface area contributed by atoms with Crippen molar-refractivity contribution in [1.29, 1.82) is 0 Å². The summed E-state index contributed by atoms with van der Waals surface area (Å²) < 4.78 is 10.5.